The lowest BCUT2D eigenvalue weighted by Gasteiger charge is -2.17. The van der Waals surface area contributed by atoms with Gasteiger partial charge in [-0.15, -0.1) is 0 Å². The van der Waals surface area contributed by atoms with Crippen molar-refractivity contribution in [1.82, 2.24) is 0 Å². The third kappa shape index (κ3) is 2.96. The van der Waals surface area contributed by atoms with Crippen LogP contribution in [0.25, 0.3) is 11.0 Å². The van der Waals surface area contributed by atoms with Gasteiger partial charge in [0.15, 0.2) is 6.61 Å². The van der Waals surface area contributed by atoms with Crippen molar-refractivity contribution < 1.29 is 13.9 Å². The van der Waals surface area contributed by atoms with Crippen LogP contribution < -0.4 is 15.3 Å². The van der Waals surface area contributed by atoms with Crippen LogP contribution in [0.4, 0.5) is 5.69 Å². The maximum absolute atomic E-state index is 12.5. The number of hydrogen-bond donors (Lipinski definition) is 0. The van der Waals surface area contributed by atoms with Crippen molar-refractivity contribution in [2.24, 2.45) is 0 Å². The Balaban J connectivity index is 1.51. The zero-order valence-electron chi connectivity index (χ0n) is 14.5. The zero-order valence-corrected chi connectivity index (χ0v) is 14.5. The summed E-state index contributed by atoms with van der Waals surface area (Å²) in [5.74, 6) is 0.425. The number of nitrogens with zero attached hydrogens (tertiary/aromatic N) is 1. The van der Waals surface area contributed by atoms with E-state index in [4.69, 9.17) is 9.15 Å². The maximum Gasteiger partial charge on any atom is 0.336 e. The molecule has 0 saturated carbocycles. The summed E-state index contributed by atoms with van der Waals surface area (Å²) in [7, 11) is 0. The smallest absolute Gasteiger partial charge is 0.336 e. The van der Waals surface area contributed by atoms with Gasteiger partial charge >= 0.3 is 5.63 Å². The lowest BCUT2D eigenvalue weighted by Crippen LogP contribution is -2.33. The summed E-state index contributed by atoms with van der Waals surface area (Å²) in [6.45, 7) is 2.61. The number of carbonyl (C=O) groups excluding carboxylic acids is 1. The van der Waals surface area contributed by atoms with E-state index in [1.54, 1.807) is 17.0 Å². The Labute approximate surface area is 150 Å². The molecule has 0 radical (unpaired) electrons. The summed E-state index contributed by atoms with van der Waals surface area (Å²) in [6, 6.07) is 14.8. The van der Waals surface area contributed by atoms with Gasteiger partial charge in [-0.1, -0.05) is 25.1 Å². The Morgan fingerprint density at radius 1 is 1.19 bits per heavy atom. The van der Waals surface area contributed by atoms with Gasteiger partial charge < -0.3 is 14.1 Å². The lowest BCUT2D eigenvalue weighted by atomic mass is 10.1. The molecule has 0 spiro atoms. The van der Waals surface area contributed by atoms with E-state index in [0.717, 1.165) is 29.5 Å². The number of benzene rings is 2. The minimum atomic E-state index is -0.378. The molecule has 2 heterocycles. The summed E-state index contributed by atoms with van der Waals surface area (Å²) in [5.41, 5.74) is 3.17. The quantitative estimate of drug-likeness (QED) is 0.678. The molecule has 1 aliphatic rings. The molecule has 0 bridgehead atoms. The van der Waals surface area contributed by atoms with Crippen molar-refractivity contribution in [2.45, 2.75) is 19.8 Å². The zero-order chi connectivity index (χ0) is 18.1. The molecule has 3 aromatic rings. The average Bonchev–Trinajstić information content (AvgIpc) is 3.09. The van der Waals surface area contributed by atoms with E-state index in [1.165, 1.54) is 11.6 Å². The fourth-order valence-electron chi connectivity index (χ4n) is 3.41. The molecule has 0 atom stereocenters. The highest BCUT2D eigenvalue weighted by molar-refractivity contribution is 5.96. The van der Waals surface area contributed by atoms with E-state index in [-0.39, 0.29) is 18.1 Å². The SMILES string of the molecule is CCc1cc(=O)oc2cc(OCC(=O)N3CCc4ccccc43)ccc12. The molecule has 0 unspecified atom stereocenters. The molecule has 1 aromatic heterocycles. The largest absolute Gasteiger partial charge is 0.484 e. The van der Waals surface area contributed by atoms with Crippen molar-refractivity contribution >= 4 is 22.6 Å². The van der Waals surface area contributed by atoms with Gasteiger partial charge in [-0.2, -0.15) is 0 Å². The molecule has 5 nitrogen and oxygen atoms in total. The van der Waals surface area contributed by atoms with Crippen molar-refractivity contribution in [1.29, 1.82) is 0 Å². The van der Waals surface area contributed by atoms with Crippen molar-refractivity contribution in [3.63, 3.8) is 0 Å². The first kappa shape index (κ1) is 16.4. The van der Waals surface area contributed by atoms with Crippen LogP contribution >= 0.6 is 0 Å². The number of anilines is 1. The second-order valence-electron chi connectivity index (χ2n) is 6.31. The molecule has 2 aromatic carbocycles. The Morgan fingerprint density at radius 3 is 2.88 bits per heavy atom. The van der Waals surface area contributed by atoms with Gasteiger partial charge in [0.25, 0.3) is 5.91 Å². The number of hydrogen-bond acceptors (Lipinski definition) is 4. The predicted octanol–water partition coefficient (Wildman–Crippen LogP) is 3.32. The van der Waals surface area contributed by atoms with E-state index < -0.39 is 0 Å². The number of ether oxygens (including phenoxy) is 1. The third-order valence-electron chi connectivity index (χ3n) is 4.73. The van der Waals surface area contributed by atoms with E-state index in [0.29, 0.717) is 17.9 Å². The molecule has 4 rings (SSSR count). The van der Waals surface area contributed by atoms with Gasteiger partial charge in [0.2, 0.25) is 0 Å². The monoisotopic (exact) mass is 349 g/mol. The van der Waals surface area contributed by atoms with Crippen LogP contribution in [0.15, 0.2) is 57.7 Å². The summed E-state index contributed by atoms with van der Waals surface area (Å²) in [6.07, 6.45) is 1.61. The van der Waals surface area contributed by atoms with Gasteiger partial charge in [0.05, 0.1) is 0 Å². The van der Waals surface area contributed by atoms with Crippen LogP contribution in [-0.2, 0) is 17.6 Å². The summed E-state index contributed by atoms with van der Waals surface area (Å²) >= 11 is 0. The summed E-state index contributed by atoms with van der Waals surface area (Å²) in [4.78, 5) is 25.9. The van der Waals surface area contributed by atoms with Gasteiger partial charge in [-0.05, 0) is 42.2 Å². The molecular weight excluding hydrogens is 330 g/mol. The first-order chi connectivity index (χ1) is 12.7. The van der Waals surface area contributed by atoms with Gasteiger partial charge in [-0.3, -0.25) is 4.79 Å². The van der Waals surface area contributed by atoms with Crippen LogP contribution in [0.2, 0.25) is 0 Å². The topological polar surface area (TPSA) is 59.8 Å². The maximum atomic E-state index is 12.5. The normalized spacial score (nSPS) is 13.0. The molecule has 1 aliphatic heterocycles. The fraction of sp³-hybridized carbons (Fsp3) is 0.238. The Bertz CT molecular complexity index is 1040. The second kappa shape index (κ2) is 6.67. The molecule has 5 heteroatoms. The first-order valence-electron chi connectivity index (χ1n) is 8.73. The highest BCUT2D eigenvalue weighted by Gasteiger charge is 2.24. The van der Waals surface area contributed by atoms with Crippen LogP contribution in [0, 0.1) is 0 Å². The molecule has 132 valence electrons. The van der Waals surface area contributed by atoms with Crippen LogP contribution in [-0.4, -0.2) is 19.1 Å². The highest BCUT2D eigenvalue weighted by Crippen LogP contribution is 2.28. The predicted molar refractivity (Wildman–Crippen MR) is 99.9 cm³/mol. The Hall–Kier alpha value is -3.08. The average molecular weight is 349 g/mol. The number of rotatable bonds is 4. The van der Waals surface area contributed by atoms with Gasteiger partial charge in [0.1, 0.15) is 11.3 Å². The van der Waals surface area contributed by atoms with E-state index >= 15 is 0 Å². The van der Waals surface area contributed by atoms with Crippen LogP contribution in [0.3, 0.4) is 0 Å². The van der Waals surface area contributed by atoms with Crippen molar-refractivity contribution in [2.75, 3.05) is 18.1 Å². The number of aryl methyl sites for hydroxylation is 1. The van der Waals surface area contributed by atoms with E-state index in [1.807, 2.05) is 37.3 Å². The van der Waals surface area contributed by atoms with Crippen molar-refractivity contribution in [3.05, 3.63) is 70.1 Å². The third-order valence-corrected chi connectivity index (χ3v) is 4.73. The first-order valence-corrected chi connectivity index (χ1v) is 8.73. The standard InChI is InChI=1S/C21H19NO4/c1-2-14-11-21(24)26-19-12-16(7-8-17(14)19)25-13-20(23)22-10-9-15-5-3-4-6-18(15)22/h3-8,11-12H,2,9-10,13H2,1H3. The molecule has 0 saturated heterocycles. The highest BCUT2D eigenvalue weighted by atomic mass is 16.5. The molecule has 26 heavy (non-hydrogen) atoms. The molecule has 1 amide bonds. The number of fused-ring (bicyclic) bond motifs is 2. The molecule has 0 aliphatic carbocycles. The number of amides is 1. The van der Waals surface area contributed by atoms with E-state index in [9.17, 15) is 9.59 Å². The number of para-hydroxylation sites is 1. The Kier molecular flexibility index (Phi) is 4.21. The molecular formula is C21H19NO4. The van der Waals surface area contributed by atoms with Gasteiger partial charge in [-0.25, -0.2) is 4.79 Å². The lowest BCUT2D eigenvalue weighted by molar-refractivity contribution is -0.120. The minimum Gasteiger partial charge on any atom is -0.484 e. The summed E-state index contributed by atoms with van der Waals surface area (Å²) in [5, 5.41) is 0.888. The second-order valence-corrected chi connectivity index (χ2v) is 6.31. The van der Waals surface area contributed by atoms with Crippen LogP contribution in [0.1, 0.15) is 18.1 Å². The van der Waals surface area contributed by atoms with Crippen LogP contribution in [0.5, 0.6) is 5.75 Å². The van der Waals surface area contributed by atoms with Crippen molar-refractivity contribution in [3.8, 4) is 5.75 Å². The fourth-order valence-corrected chi connectivity index (χ4v) is 3.41. The number of carbonyl (C=O) groups is 1. The van der Waals surface area contributed by atoms with E-state index in [2.05, 4.69) is 0 Å². The Morgan fingerprint density at radius 2 is 2.04 bits per heavy atom. The summed E-state index contributed by atoms with van der Waals surface area (Å²) < 4.78 is 10.9. The molecule has 0 fully saturated rings. The van der Waals surface area contributed by atoms with Gasteiger partial charge in [0, 0.05) is 29.8 Å². The molecule has 0 N–H and O–H groups in total. The minimum absolute atomic E-state index is 0.0580.